The molecular weight excluding hydrogens is 388 g/mol. The minimum atomic E-state index is -3.85. The van der Waals surface area contributed by atoms with Gasteiger partial charge in [0.25, 0.3) is 5.91 Å². The second-order valence-electron chi connectivity index (χ2n) is 6.45. The van der Waals surface area contributed by atoms with E-state index in [1.807, 2.05) is 19.1 Å². The minimum Gasteiger partial charge on any atom is -0.377 e. The molecule has 1 atom stereocenters. The van der Waals surface area contributed by atoms with Crippen LogP contribution in [0.2, 0.25) is 5.02 Å². The van der Waals surface area contributed by atoms with Crippen LogP contribution < -0.4 is 10.0 Å². The average molecular weight is 409 g/mol. The number of nitrogens with one attached hydrogen (secondary N) is 2. The monoisotopic (exact) mass is 408 g/mol. The highest BCUT2D eigenvalue weighted by Gasteiger charge is 2.23. The summed E-state index contributed by atoms with van der Waals surface area (Å²) in [6.07, 6.45) is 1.60. The second kappa shape index (κ2) is 8.39. The molecule has 8 heteroatoms. The molecule has 0 saturated carbocycles. The van der Waals surface area contributed by atoms with E-state index in [1.54, 1.807) is 12.1 Å². The highest BCUT2D eigenvalue weighted by atomic mass is 35.5. The molecule has 0 bridgehead atoms. The number of amides is 1. The molecule has 0 spiro atoms. The van der Waals surface area contributed by atoms with Gasteiger partial charge in [0.2, 0.25) is 10.0 Å². The Hall–Kier alpha value is -1.93. The van der Waals surface area contributed by atoms with Crippen molar-refractivity contribution < 1.29 is 17.9 Å². The first-order valence-electron chi connectivity index (χ1n) is 8.64. The van der Waals surface area contributed by atoms with Gasteiger partial charge in [0.05, 0.1) is 11.1 Å². The number of hydrogen-bond acceptors (Lipinski definition) is 4. The SMILES string of the molecule is Cc1ccc(NC(=O)c2ccc(Cl)c(S(=O)(=O)NC[C@@H]3CCCO3)c2)cc1. The summed E-state index contributed by atoms with van der Waals surface area (Å²) in [5.41, 5.74) is 1.91. The number of sulfonamides is 1. The van der Waals surface area contributed by atoms with Gasteiger partial charge in [-0.1, -0.05) is 29.3 Å². The Bertz CT molecular complexity index is 923. The number of anilines is 1. The van der Waals surface area contributed by atoms with Gasteiger partial charge in [-0.3, -0.25) is 4.79 Å². The molecule has 1 amide bonds. The third-order valence-electron chi connectivity index (χ3n) is 4.32. The maximum atomic E-state index is 12.6. The fourth-order valence-electron chi connectivity index (χ4n) is 2.78. The fourth-order valence-corrected chi connectivity index (χ4v) is 4.37. The molecule has 144 valence electrons. The van der Waals surface area contributed by atoms with Crippen molar-refractivity contribution in [2.24, 2.45) is 0 Å². The number of carbonyl (C=O) groups excluding carboxylic acids is 1. The van der Waals surface area contributed by atoms with Crippen molar-refractivity contribution in [2.75, 3.05) is 18.5 Å². The summed E-state index contributed by atoms with van der Waals surface area (Å²) in [6.45, 7) is 2.77. The molecule has 27 heavy (non-hydrogen) atoms. The zero-order chi connectivity index (χ0) is 19.4. The van der Waals surface area contributed by atoms with Crippen LogP contribution in [0.25, 0.3) is 0 Å². The van der Waals surface area contributed by atoms with Crippen LogP contribution in [0.1, 0.15) is 28.8 Å². The van der Waals surface area contributed by atoms with Gasteiger partial charge >= 0.3 is 0 Å². The quantitative estimate of drug-likeness (QED) is 0.767. The minimum absolute atomic E-state index is 0.0572. The molecule has 0 unspecified atom stereocenters. The van der Waals surface area contributed by atoms with Crippen molar-refractivity contribution in [1.29, 1.82) is 0 Å². The lowest BCUT2D eigenvalue weighted by Crippen LogP contribution is -2.32. The van der Waals surface area contributed by atoms with Crippen LogP contribution in [0, 0.1) is 6.92 Å². The molecule has 1 aliphatic heterocycles. The Kier molecular flexibility index (Phi) is 6.16. The smallest absolute Gasteiger partial charge is 0.255 e. The lowest BCUT2D eigenvalue weighted by atomic mass is 10.2. The van der Waals surface area contributed by atoms with Gasteiger partial charge in [-0.05, 0) is 50.1 Å². The Labute approximate surface area is 163 Å². The summed E-state index contributed by atoms with van der Waals surface area (Å²) < 4.78 is 33.1. The molecule has 2 aromatic rings. The van der Waals surface area contributed by atoms with E-state index in [0.717, 1.165) is 18.4 Å². The summed E-state index contributed by atoms with van der Waals surface area (Å²) >= 11 is 6.08. The second-order valence-corrected chi connectivity index (χ2v) is 8.59. The number of hydrogen-bond donors (Lipinski definition) is 2. The molecule has 0 radical (unpaired) electrons. The first-order chi connectivity index (χ1) is 12.8. The fraction of sp³-hybridized carbons (Fsp3) is 0.316. The van der Waals surface area contributed by atoms with Crippen LogP contribution in [0.5, 0.6) is 0 Å². The number of carbonyl (C=O) groups is 1. The van der Waals surface area contributed by atoms with E-state index in [0.29, 0.717) is 12.3 Å². The van der Waals surface area contributed by atoms with Crippen LogP contribution in [0.15, 0.2) is 47.4 Å². The topological polar surface area (TPSA) is 84.5 Å². The Morgan fingerprint density at radius 2 is 1.96 bits per heavy atom. The van der Waals surface area contributed by atoms with Crippen molar-refractivity contribution in [3.63, 3.8) is 0 Å². The molecule has 3 rings (SSSR count). The highest BCUT2D eigenvalue weighted by molar-refractivity contribution is 7.89. The van der Waals surface area contributed by atoms with E-state index < -0.39 is 15.9 Å². The van der Waals surface area contributed by atoms with Crippen LogP contribution in [0.3, 0.4) is 0 Å². The van der Waals surface area contributed by atoms with Gasteiger partial charge in [-0.15, -0.1) is 0 Å². The summed E-state index contributed by atoms with van der Waals surface area (Å²) in [5, 5.41) is 2.80. The standard InChI is InChI=1S/C19H21ClN2O4S/c1-13-4-7-15(8-5-13)22-19(23)14-6-9-17(20)18(11-14)27(24,25)21-12-16-3-2-10-26-16/h4-9,11,16,21H,2-3,10,12H2,1H3,(H,22,23)/t16-/m0/s1. The third kappa shape index (κ3) is 5.07. The predicted molar refractivity (Wildman–Crippen MR) is 105 cm³/mol. The molecule has 6 nitrogen and oxygen atoms in total. The molecule has 0 aromatic heterocycles. The maximum absolute atomic E-state index is 12.6. The maximum Gasteiger partial charge on any atom is 0.255 e. The summed E-state index contributed by atoms with van der Waals surface area (Å²) in [5.74, 6) is -0.411. The van der Waals surface area contributed by atoms with Crippen molar-refractivity contribution in [1.82, 2.24) is 4.72 Å². The molecule has 2 aromatic carbocycles. The van der Waals surface area contributed by atoms with Crippen LogP contribution >= 0.6 is 11.6 Å². The normalized spacial score (nSPS) is 17.0. The molecule has 1 heterocycles. The Morgan fingerprint density at radius 3 is 2.63 bits per heavy atom. The number of rotatable bonds is 6. The van der Waals surface area contributed by atoms with E-state index in [4.69, 9.17) is 16.3 Å². The van der Waals surface area contributed by atoms with Gasteiger partial charge in [-0.2, -0.15) is 0 Å². The van der Waals surface area contributed by atoms with Crippen LogP contribution in [-0.2, 0) is 14.8 Å². The lowest BCUT2D eigenvalue weighted by Gasteiger charge is -2.13. The van der Waals surface area contributed by atoms with Crippen molar-refractivity contribution >= 4 is 33.2 Å². The number of halogens is 1. The molecule has 1 aliphatic rings. The zero-order valence-corrected chi connectivity index (χ0v) is 16.4. The largest absolute Gasteiger partial charge is 0.377 e. The molecular formula is C19H21ClN2O4S. The first kappa shape index (κ1) is 19.8. The molecule has 1 saturated heterocycles. The highest BCUT2D eigenvalue weighted by Crippen LogP contribution is 2.24. The van der Waals surface area contributed by atoms with E-state index >= 15 is 0 Å². The van der Waals surface area contributed by atoms with Gasteiger partial charge in [-0.25, -0.2) is 13.1 Å². The van der Waals surface area contributed by atoms with Crippen LogP contribution in [0.4, 0.5) is 5.69 Å². The predicted octanol–water partition coefficient (Wildman–Crippen LogP) is 3.36. The third-order valence-corrected chi connectivity index (χ3v) is 6.22. The van der Waals surface area contributed by atoms with E-state index in [-0.39, 0.29) is 28.1 Å². The summed E-state index contributed by atoms with van der Waals surface area (Å²) in [6, 6.07) is 11.5. The Balaban J connectivity index is 1.76. The number of benzene rings is 2. The van der Waals surface area contributed by atoms with E-state index in [9.17, 15) is 13.2 Å². The lowest BCUT2D eigenvalue weighted by molar-refractivity contribution is 0.102. The van der Waals surface area contributed by atoms with Crippen molar-refractivity contribution in [2.45, 2.75) is 30.8 Å². The van der Waals surface area contributed by atoms with Gasteiger partial charge in [0, 0.05) is 24.4 Å². The van der Waals surface area contributed by atoms with Crippen molar-refractivity contribution in [3.8, 4) is 0 Å². The summed E-state index contributed by atoms with van der Waals surface area (Å²) in [4.78, 5) is 12.3. The van der Waals surface area contributed by atoms with E-state index in [2.05, 4.69) is 10.0 Å². The van der Waals surface area contributed by atoms with Gasteiger partial charge in [0.1, 0.15) is 4.90 Å². The molecule has 0 aliphatic carbocycles. The zero-order valence-electron chi connectivity index (χ0n) is 14.9. The van der Waals surface area contributed by atoms with Crippen LogP contribution in [-0.4, -0.2) is 33.6 Å². The number of aryl methyl sites for hydroxylation is 1. The van der Waals surface area contributed by atoms with Gasteiger partial charge in [0.15, 0.2) is 0 Å². The Morgan fingerprint density at radius 1 is 1.22 bits per heavy atom. The average Bonchev–Trinajstić information content (AvgIpc) is 3.16. The van der Waals surface area contributed by atoms with Crippen molar-refractivity contribution in [3.05, 3.63) is 58.6 Å². The first-order valence-corrected chi connectivity index (χ1v) is 10.5. The number of ether oxygens (including phenoxy) is 1. The van der Waals surface area contributed by atoms with E-state index in [1.165, 1.54) is 18.2 Å². The molecule has 1 fully saturated rings. The summed E-state index contributed by atoms with van der Waals surface area (Å²) in [7, 11) is -3.85. The molecule has 2 N–H and O–H groups in total. The van der Waals surface area contributed by atoms with Gasteiger partial charge < -0.3 is 10.1 Å².